The average Bonchev–Trinajstić information content (AvgIpc) is 2.87. The maximum absolute atomic E-state index is 12.8. The van der Waals surface area contributed by atoms with Crippen molar-refractivity contribution < 1.29 is 14.3 Å². The number of esters is 1. The van der Waals surface area contributed by atoms with Gasteiger partial charge in [-0.2, -0.15) is 0 Å². The van der Waals surface area contributed by atoms with Crippen LogP contribution in [0.3, 0.4) is 0 Å². The molecule has 0 radical (unpaired) electrons. The molecule has 7 rings (SSSR count). The molecule has 3 aromatic carbocycles. The van der Waals surface area contributed by atoms with Gasteiger partial charge in [-0.05, 0) is 105 Å². The normalized spacial score (nSPS) is 26.2. The molecule has 0 unspecified atom stereocenters. The van der Waals surface area contributed by atoms with Gasteiger partial charge in [-0.3, -0.25) is 0 Å². The van der Waals surface area contributed by atoms with Crippen LogP contribution >= 0.6 is 0 Å². The Labute approximate surface area is 217 Å². The molecule has 3 nitrogen and oxygen atoms in total. The van der Waals surface area contributed by atoms with Crippen molar-refractivity contribution in [3.05, 3.63) is 83.9 Å². The Morgan fingerprint density at radius 2 is 1.25 bits per heavy atom. The minimum Gasteiger partial charge on any atom is -0.481 e. The van der Waals surface area contributed by atoms with Gasteiger partial charge in [-0.1, -0.05) is 36.4 Å². The van der Waals surface area contributed by atoms with Crippen LogP contribution in [-0.2, 0) is 20.4 Å². The van der Waals surface area contributed by atoms with Crippen LogP contribution in [0.1, 0.15) is 43.2 Å². The lowest BCUT2D eigenvalue weighted by molar-refractivity contribution is -0.172. The number of carbonyl (C=O) groups is 1. The van der Waals surface area contributed by atoms with Gasteiger partial charge in [0.25, 0.3) is 0 Å². The van der Waals surface area contributed by atoms with Crippen molar-refractivity contribution in [1.82, 2.24) is 0 Å². The summed E-state index contributed by atoms with van der Waals surface area (Å²) in [5.74, 6) is 3.47. The zero-order valence-electron chi connectivity index (χ0n) is 21.2. The van der Waals surface area contributed by atoms with Crippen molar-refractivity contribution in [2.24, 2.45) is 23.7 Å². The van der Waals surface area contributed by atoms with E-state index in [4.69, 9.17) is 9.47 Å². The molecule has 0 atom stereocenters. The standard InChI is InChI=1S/C32H35O3S/c1-21-13-29(36(27-9-5-3-6-10-27)28-11-7-4-8-12-28)14-22(2)31(21)34-20-30(33)35-32-25-16-23-15-24(18-25)19-26(32)17-23/h3-14,23-26,32H,15-20H2,1-2H3/q+1. The Kier molecular flexibility index (Phi) is 6.55. The molecular formula is C32H35O3S+. The third-order valence-corrected chi connectivity index (χ3v) is 10.6. The summed E-state index contributed by atoms with van der Waals surface area (Å²) in [4.78, 5) is 16.7. The van der Waals surface area contributed by atoms with Gasteiger partial charge in [-0.15, -0.1) is 0 Å². The zero-order chi connectivity index (χ0) is 24.6. The molecule has 0 aliphatic heterocycles. The molecule has 4 fully saturated rings. The van der Waals surface area contributed by atoms with E-state index >= 15 is 0 Å². The summed E-state index contributed by atoms with van der Waals surface area (Å²) in [5.41, 5.74) is 2.11. The maximum atomic E-state index is 12.8. The highest BCUT2D eigenvalue weighted by molar-refractivity contribution is 7.97. The molecule has 4 saturated carbocycles. The SMILES string of the molecule is Cc1cc([S+](c2ccccc2)c2ccccc2)cc(C)c1OCC(=O)OC1C2CC3CC(C2)CC1C3. The van der Waals surface area contributed by atoms with E-state index in [9.17, 15) is 4.79 Å². The second-order valence-corrected chi connectivity index (χ2v) is 13.0. The highest BCUT2D eigenvalue weighted by atomic mass is 32.2. The van der Waals surface area contributed by atoms with E-state index in [-0.39, 0.29) is 29.6 Å². The van der Waals surface area contributed by atoms with Crippen LogP contribution in [0.25, 0.3) is 0 Å². The summed E-state index contributed by atoms with van der Waals surface area (Å²) in [6, 6.07) is 25.8. The fourth-order valence-corrected chi connectivity index (χ4v) is 9.43. The van der Waals surface area contributed by atoms with E-state index in [1.807, 2.05) is 0 Å². The van der Waals surface area contributed by atoms with Crippen LogP contribution < -0.4 is 4.74 Å². The summed E-state index contributed by atoms with van der Waals surface area (Å²) in [6.07, 6.45) is 6.50. The smallest absolute Gasteiger partial charge is 0.344 e. The first-order valence-electron chi connectivity index (χ1n) is 13.3. The fourth-order valence-electron chi connectivity index (χ4n) is 7.16. The lowest BCUT2D eigenvalue weighted by Gasteiger charge is -2.53. The van der Waals surface area contributed by atoms with Crippen molar-refractivity contribution in [3.63, 3.8) is 0 Å². The van der Waals surface area contributed by atoms with Gasteiger partial charge in [0.05, 0.1) is 10.9 Å². The molecule has 0 spiro atoms. The molecule has 0 aromatic heterocycles. The number of ether oxygens (including phenoxy) is 2. The maximum Gasteiger partial charge on any atom is 0.344 e. The summed E-state index contributed by atoms with van der Waals surface area (Å²) in [7, 11) is -0.211. The molecule has 0 amide bonds. The highest BCUT2D eigenvalue weighted by Gasteiger charge is 2.49. The third-order valence-electron chi connectivity index (χ3n) is 8.37. The summed E-state index contributed by atoms with van der Waals surface area (Å²) in [6.45, 7) is 4.13. The lowest BCUT2D eigenvalue weighted by atomic mass is 9.55. The molecule has 3 aromatic rings. The highest BCUT2D eigenvalue weighted by Crippen LogP contribution is 2.54. The Bertz CT molecular complexity index is 1130. The van der Waals surface area contributed by atoms with Gasteiger partial charge in [0, 0.05) is 12.1 Å². The van der Waals surface area contributed by atoms with Gasteiger partial charge in [0.1, 0.15) is 11.9 Å². The van der Waals surface area contributed by atoms with Gasteiger partial charge >= 0.3 is 5.97 Å². The first-order chi connectivity index (χ1) is 17.5. The number of aryl methyl sites for hydroxylation is 2. The van der Waals surface area contributed by atoms with E-state index in [2.05, 4.69) is 86.6 Å². The second kappa shape index (κ2) is 9.97. The molecule has 4 heteroatoms. The number of rotatable bonds is 7. The monoisotopic (exact) mass is 499 g/mol. The van der Waals surface area contributed by atoms with Crippen LogP contribution in [0, 0.1) is 37.5 Å². The van der Waals surface area contributed by atoms with Crippen molar-refractivity contribution in [3.8, 4) is 5.75 Å². The van der Waals surface area contributed by atoms with Gasteiger partial charge < -0.3 is 9.47 Å². The molecule has 0 N–H and O–H groups in total. The van der Waals surface area contributed by atoms with E-state index < -0.39 is 0 Å². The minimum atomic E-state index is -0.219. The molecule has 4 aliphatic carbocycles. The lowest BCUT2D eigenvalue weighted by Crippen LogP contribution is -2.50. The van der Waals surface area contributed by atoms with Crippen molar-refractivity contribution in [1.29, 1.82) is 0 Å². The number of benzene rings is 3. The summed E-state index contributed by atoms with van der Waals surface area (Å²) >= 11 is 0. The van der Waals surface area contributed by atoms with Gasteiger partial charge in [0.2, 0.25) is 0 Å². The number of hydrogen-bond acceptors (Lipinski definition) is 3. The Morgan fingerprint density at radius 1 is 0.750 bits per heavy atom. The second-order valence-electron chi connectivity index (χ2n) is 11.0. The van der Waals surface area contributed by atoms with Crippen LogP contribution in [0.15, 0.2) is 87.5 Å². The summed E-state index contributed by atoms with van der Waals surface area (Å²) < 4.78 is 12.1. The van der Waals surface area contributed by atoms with Crippen molar-refractivity contribution in [2.75, 3.05) is 6.61 Å². The largest absolute Gasteiger partial charge is 0.481 e. The Balaban J connectivity index is 1.17. The van der Waals surface area contributed by atoms with E-state index in [1.165, 1.54) is 46.8 Å². The van der Waals surface area contributed by atoms with Crippen molar-refractivity contribution >= 4 is 16.9 Å². The minimum absolute atomic E-state index is 0.0209. The summed E-state index contributed by atoms with van der Waals surface area (Å²) in [5, 5.41) is 0. The molecule has 4 bridgehead atoms. The third kappa shape index (κ3) is 4.68. The van der Waals surface area contributed by atoms with E-state index in [1.54, 1.807) is 0 Å². The molecule has 36 heavy (non-hydrogen) atoms. The average molecular weight is 500 g/mol. The van der Waals surface area contributed by atoms with Crippen LogP contribution in [0.4, 0.5) is 0 Å². The fraction of sp³-hybridized carbons (Fsp3) is 0.406. The predicted molar refractivity (Wildman–Crippen MR) is 143 cm³/mol. The molecule has 0 saturated heterocycles. The topological polar surface area (TPSA) is 35.5 Å². The number of hydrogen-bond donors (Lipinski definition) is 0. The van der Waals surface area contributed by atoms with Gasteiger partial charge in [0.15, 0.2) is 21.3 Å². The Morgan fingerprint density at radius 3 is 1.75 bits per heavy atom. The first-order valence-corrected chi connectivity index (χ1v) is 14.6. The zero-order valence-corrected chi connectivity index (χ0v) is 22.0. The molecular weight excluding hydrogens is 464 g/mol. The van der Waals surface area contributed by atoms with Crippen LogP contribution in [-0.4, -0.2) is 18.7 Å². The van der Waals surface area contributed by atoms with Crippen molar-refractivity contribution in [2.45, 2.75) is 66.7 Å². The quantitative estimate of drug-likeness (QED) is 0.256. The number of carbonyl (C=O) groups excluding carboxylic acids is 1. The molecule has 4 aliphatic rings. The van der Waals surface area contributed by atoms with Crippen LogP contribution in [0.5, 0.6) is 5.75 Å². The van der Waals surface area contributed by atoms with E-state index in [0.717, 1.165) is 28.7 Å². The molecule has 186 valence electrons. The Hall–Kier alpha value is -2.72. The van der Waals surface area contributed by atoms with Gasteiger partial charge in [-0.25, -0.2) is 4.79 Å². The first kappa shape index (κ1) is 23.7. The predicted octanol–water partition coefficient (Wildman–Crippen LogP) is 7.15. The van der Waals surface area contributed by atoms with E-state index in [0.29, 0.717) is 11.8 Å². The van der Waals surface area contributed by atoms with Crippen LogP contribution in [0.2, 0.25) is 0 Å². The molecule has 0 heterocycles.